The molecule has 20 heavy (non-hydrogen) atoms. The van der Waals surface area contributed by atoms with E-state index in [4.69, 9.17) is 4.74 Å². The van der Waals surface area contributed by atoms with Crippen molar-refractivity contribution in [3.05, 3.63) is 23.3 Å². The lowest BCUT2D eigenvalue weighted by Crippen LogP contribution is -2.57. The van der Waals surface area contributed by atoms with E-state index in [2.05, 4.69) is 13.5 Å². The fourth-order valence-electron chi connectivity index (χ4n) is 4.57. The number of esters is 1. The minimum atomic E-state index is -0.846. The number of hydrogen-bond acceptors (Lipinski definition) is 3. The molecule has 0 aromatic heterocycles. The van der Waals surface area contributed by atoms with E-state index >= 15 is 0 Å². The van der Waals surface area contributed by atoms with Crippen LogP contribution in [-0.4, -0.2) is 22.8 Å². The number of carbonyl (C=O) groups excluding carboxylic acids is 1. The molecule has 3 rings (SSSR count). The Bertz CT molecular complexity index is 514. The molecule has 1 N–H and O–H groups in total. The van der Waals surface area contributed by atoms with Gasteiger partial charge in [0.1, 0.15) is 6.10 Å². The summed E-state index contributed by atoms with van der Waals surface area (Å²) in [5, 5.41) is 11.3. The van der Waals surface area contributed by atoms with Crippen LogP contribution in [0.2, 0.25) is 0 Å². The van der Waals surface area contributed by atoms with Crippen molar-refractivity contribution >= 4 is 5.97 Å². The van der Waals surface area contributed by atoms with Gasteiger partial charge in [-0.25, -0.2) is 4.79 Å². The fraction of sp³-hybridized carbons (Fsp3) is 0.706. The smallest absolute Gasteiger partial charge is 0.334 e. The second-order valence-corrected chi connectivity index (χ2v) is 7.25. The molecule has 110 valence electrons. The maximum atomic E-state index is 12.1. The van der Waals surface area contributed by atoms with E-state index in [0.717, 1.165) is 42.4 Å². The fourth-order valence-corrected chi connectivity index (χ4v) is 4.57. The number of hydrogen-bond donors (Lipinski definition) is 1. The summed E-state index contributed by atoms with van der Waals surface area (Å²) in [6.07, 6.45) is 4.20. The Morgan fingerprint density at radius 3 is 2.75 bits per heavy atom. The van der Waals surface area contributed by atoms with Gasteiger partial charge in [-0.2, -0.15) is 0 Å². The van der Waals surface area contributed by atoms with E-state index in [1.807, 2.05) is 13.8 Å². The van der Waals surface area contributed by atoms with Crippen LogP contribution >= 0.6 is 0 Å². The zero-order valence-corrected chi connectivity index (χ0v) is 12.7. The van der Waals surface area contributed by atoms with E-state index in [1.165, 1.54) is 0 Å². The number of ether oxygens (including phenoxy) is 1. The predicted molar refractivity (Wildman–Crippen MR) is 77.0 cm³/mol. The van der Waals surface area contributed by atoms with Crippen molar-refractivity contribution in [1.82, 2.24) is 0 Å². The van der Waals surface area contributed by atoms with Crippen LogP contribution in [-0.2, 0) is 9.53 Å². The van der Waals surface area contributed by atoms with Crippen LogP contribution in [0.25, 0.3) is 0 Å². The van der Waals surface area contributed by atoms with E-state index < -0.39 is 5.60 Å². The van der Waals surface area contributed by atoms with Crippen molar-refractivity contribution in [2.24, 2.45) is 11.3 Å². The quantitative estimate of drug-likeness (QED) is 0.420. The zero-order chi connectivity index (χ0) is 14.7. The van der Waals surface area contributed by atoms with Gasteiger partial charge in [-0.05, 0) is 51.5 Å². The van der Waals surface area contributed by atoms with Crippen molar-refractivity contribution in [1.29, 1.82) is 0 Å². The highest BCUT2D eigenvalue weighted by Gasteiger charge is 2.60. The maximum absolute atomic E-state index is 12.1. The summed E-state index contributed by atoms with van der Waals surface area (Å²) in [6.45, 7) is 10.2. The topological polar surface area (TPSA) is 46.5 Å². The molecular formula is C17H24O3. The average molecular weight is 276 g/mol. The predicted octanol–water partition coefficient (Wildman–Crippen LogP) is 3.14. The van der Waals surface area contributed by atoms with Crippen LogP contribution in [0.15, 0.2) is 23.3 Å². The Balaban J connectivity index is 2.03. The van der Waals surface area contributed by atoms with Gasteiger partial charge in [0.15, 0.2) is 0 Å². The third kappa shape index (κ3) is 1.65. The highest BCUT2D eigenvalue weighted by atomic mass is 16.6. The zero-order valence-electron chi connectivity index (χ0n) is 12.7. The Kier molecular flexibility index (Phi) is 2.91. The maximum Gasteiger partial charge on any atom is 0.334 e. The highest BCUT2D eigenvalue weighted by Crippen LogP contribution is 2.59. The molecule has 3 aliphatic rings. The Hall–Kier alpha value is -1.09. The molecule has 2 aliphatic carbocycles. The first-order valence-electron chi connectivity index (χ1n) is 7.57. The molecule has 4 atom stereocenters. The summed E-state index contributed by atoms with van der Waals surface area (Å²) >= 11 is 0. The molecular weight excluding hydrogens is 252 g/mol. The van der Waals surface area contributed by atoms with Crippen LogP contribution in [0.4, 0.5) is 0 Å². The molecule has 0 spiro atoms. The largest absolute Gasteiger partial charge is 0.458 e. The standard InChI is InChI=1S/C17H24O3/c1-10(2)14-12-8-17(19)11(3)6-5-7-16(17,4)9-13(12)20-15(14)18/h12-13,19H,3,5-9H2,1-2,4H3/t12-,13+,16+,17+/m0/s1. The molecule has 0 aromatic carbocycles. The molecule has 1 heterocycles. The minimum absolute atomic E-state index is 0.0282. The Labute approximate surface area is 120 Å². The van der Waals surface area contributed by atoms with Crippen molar-refractivity contribution in [2.45, 2.75) is 64.6 Å². The van der Waals surface area contributed by atoms with E-state index in [0.29, 0.717) is 6.42 Å². The van der Waals surface area contributed by atoms with E-state index in [1.54, 1.807) is 0 Å². The number of fused-ring (bicyclic) bond motifs is 2. The van der Waals surface area contributed by atoms with Crippen LogP contribution in [0.1, 0.15) is 52.9 Å². The van der Waals surface area contributed by atoms with E-state index in [9.17, 15) is 9.90 Å². The molecule has 1 aliphatic heterocycles. The molecule has 0 aromatic rings. The first-order chi connectivity index (χ1) is 9.28. The summed E-state index contributed by atoms with van der Waals surface area (Å²) in [5.74, 6) is -0.156. The number of carbonyl (C=O) groups is 1. The lowest BCUT2D eigenvalue weighted by molar-refractivity contribution is -0.155. The van der Waals surface area contributed by atoms with Gasteiger partial charge >= 0.3 is 5.97 Å². The lowest BCUT2D eigenvalue weighted by atomic mass is 9.53. The summed E-state index contributed by atoms with van der Waals surface area (Å²) in [7, 11) is 0. The van der Waals surface area contributed by atoms with Gasteiger partial charge in [0.25, 0.3) is 0 Å². The molecule has 3 nitrogen and oxygen atoms in total. The average Bonchev–Trinajstić information content (AvgIpc) is 2.63. The van der Waals surface area contributed by atoms with Crippen molar-refractivity contribution < 1.29 is 14.6 Å². The highest BCUT2D eigenvalue weighted by molar-refractivity contribution is 5.92. The number of allylic oxidation sites excluding steroid dienone is 1. The summed E-state index contributed by atoms with van der Waals surface area (Å²) in [6, 6.07) is 0. The monoisotopic (exact) mass is 276 g/mol. The number of rotatable bonds is 0. The normalized spacial score (nSPS) is 43.9. The van der Waals surface area contributed by atoms with E-state index in [-0.39, 0.29) is 23.4 Å². The van der Waals surface area contributed by atoms with Crippen LogP contribution < -0.4 is 0 Å². The van der Waals surface area contributed by atoms with Gasteiger partial charge in [0.2, 0.25) is 0 Å². The molecule has 0 radical (unpaired) electrons. The summed E-state index contributed by atoms with van der Waals surface area (Å²) < 4.78 is 5.60. The summed E-state index contributed by atoms with van der Waals surface area (Å²) in [4.78, 5) is 12.1. The third-order valence-corrected chi connectivity index (χ3v) is 5.79. The van der Waals surface area contributed by atoms with Gasteiger partial charge in [-0.1, -0.05) is 19.1 Å². The second kappa shape index (κ2) is 4.20. The molecule has 0 amide bonds. The van der Waals surface area contributed by atoms with Crippen molar-refractivity contribution in [3.8, 4) is 0 Å². The second-order valence-electron chi connectivity index (χ2n) is 7.25. The van der Waals surface area contributed by atoms with Gasteiger partial charge in [0, 0.05) is 16.9 Å². The minimum Gasteiger partial charge on any atom is -0.458 e. The van der Waals surface area contributed by atoms with Gasteiger partial charge in [0.05, 0.1) is 5.60 Å². The first kappa shape index (κ1) is 13.9. The Morgan fingerprint density at radius 1 is 1.40 bits per heavy atom. The molecule has 0 bridgehead atoms. The molecule has 2 saturated carbocycles. The van der Waals surface area contributed by atoms with Crippen molar-refractivity contribution in [2.75, 3.05) is 0 Å². The first-order valence-corrected chi connectivity index (χ1v) is 7.57. The molecule has 3 heteroatoms. The number of aliphatic hydroxyl groups is 1. The third-order valence-electron chi connectivity index (χ3n) is 5.79. The van der Waals surface area contributed by atoms with Gasteiger partial charge < -0.3 is 9.84 Å². The van der Waals surface area contributed by atoms with Crippen LogP contribution in [0.5, 0.6) is 0 Å². The van der Waals surface area contributed by atoms with Crippen LogP contribution in [0.3, 0.4) is 0 Å². The van der Waals surface area contributed by atoms with Gasteiger partial charge in [-0.3, -0.25) is 0 Å². The van der Waals surface area contributed by atoms with Crippen molar-refractivity contribution in [3.63, 3.8) is 0 Å². The molecule has 0 unspecified atom stereocenters. The summed E-state index contributed by atoms with van der Waals surface area (Å²) in [5.41, 5.74) is 1.68. The SMILES string of the molecule is C=C1CCC[C@]2(C)C[C@H]3OC(=O)C(=C(C)C)[C@H]3C[C@@]12O. The molecule has 1 saturated heterocycles. The van der Waals surface area contributed by atoms with Gasteiger partial charge in [-0.15, -0.1) is 0 Å². The molecule has 3 fully saturated rings. The lowest BCUT2D eigenvalue weighted by Gasteiger charge is -2.55. The van der Waals surface area contributed by atoms with Crippen LogP contribution in [0, 0.1) is 11.3 Å². The Morgan fingerprint density at radius 2 is 2.10 bits per heavy atom.